The Bertz CT molecular complexity index is 431. The SMILES string of the molecule is CC(C)(C)C1CCC(Nc2ccc(Cl)cc2Br)CC1. The van der Waals surface area contributed by atoms with Gasteiger partial charge in [-0.15, -0.1) is 0 Å². The number of halogens is 2. The van der Waals surface area contributed by atoms with E-state index in [1.165, 1.54) is 25.7 Å². The molecule has 1 aromatic rings. The molecule has 0 bridgehead atoms. The van der Waals surface area contributed by atoms with Crippen molar-refractivity contribution in [2.75, 3.05) is 5.32 Å². The average molecular weight is 345 g/mol. The van der Waals surface area contributed by atoms with E-state index in [1.54, 1.807) is 0 Å². The second-order valence-corrected chi connectivity index (χ2v) is 7.97. The molecule has 2 rings (SSSR count). The van der Waals surface area contributed by atoms with E-state index < -0.39 is 0 Å². The van der Waals surface area contributed by atoms with Gasteiger partial charge in [-0.25, -0.2) is 0 Å². The van der Waals surface area contributed by atoms with Crippen LogP contribution in [0.3, 0.4) is 0 Å². The van der Waals surface area contributed by atoms with E-state index in [0.29, 0.717) is 11.5 Å². The molecular formula is C16H23BrClN. The monoisotopic (exact) mass is 343 g/mol. The lowest BCUT2D eigenvalue weighted by Gasteiger charge is -2.37. The first-order chi connectivity index (χ1) is 8.86. The Morgan fingerprint density at radius 1 is 1.16 bits per heavy atom. The largest absolute Gasteiger partial charge is 0.381 e. The maximum Gasteiger partial charge on any atom is 0.0487 e. The van der Waals surface area contributed by atoms with Gasteiger partial charge in [-0.05, 0) is 71.1 Å². The van der Waals surface area contributed by atoms with E-state index in [0.717, 1.165) is 21.1 Å². The third-order valence-electron chi connectivity index (χ3n) is 4.24. The van der Waals surface area contributed by atoms with Gasteiger partial charge in [-0.3, -0.25) is 0 Å². The average Bonchev–Trinajstić information content (AvgIpc) is 2.32. The fourth-order valence-electron chi connectivity index (χ4n) is 2.93. The quantitative estimate of drug-likeness (QED) is 0.681. The molecular weight excluding hydrogens is 322 g/mol. The van der Waals surface area contributed by atoms with Gasteiger partial charge >= 0.3 is 0 Å². The van der Waals surface area contributed by atoms with E-state index in [9.17, 15) is 0 Å². The van der Waals surface area contributed by atoms with Crippen LogP contribution in [0.4, 0.5) is 5.69 Å². The molecule has 0 aliphatic heterocycles. The highest BCUT2D eigenvalue weighted by atomic mass is 79.9. The molecule has 1 fully saturated rings. The molecule has 0 saturated heterocycles. The van der Waals surface area contributed by atoms with Crippen LogP contribution in [0, 0.1) is 11.3 Å². The summed E-state index contributed by atoms with van der Waals surface area (Å²) < 4.78 is 1.05. The molecule has 1 saturated carbocycles. The molecule has 0 spiro atoms. The smallest absolute Gasteiger partial charge is 0.0487 e. The summed E-state index contributed by atoms with van der Waals surface area (Å²) in [5.74, 6) is 0.860. The maximum absolute atomic E-state index is 5.97. The Morgan fingerprint density at radius 3 is 2.32 bits per heavy atom. The van der Waals surface area contributed by atoms with Gasteiger partial charge in [-0.2, -0.15) is 0 Å². The molecule has 0 atom stereocenters. The summed E-state index contributed by atoms with van der Waals surface area (Å²) in [6.45, 7) is 7.09. The summed E-state index contributed by atoms with van der Waals surface area (Å²) >= 11 is 9.54. The summed E-state index contributed by atoms with van der Waals surface area (Å²) in [5.41, 5.74) is 1.61. The van der Waals surface area contributed by atoms with Gasteiger partial charge in [0.05, 0.1) is 0 Å². The van der Waals surface area contributed by atoms with Crippen LogP contribution >= 0.6 is 27.5 Å². The lowest BCUT2D eigenvalue weighted by molar-refractivity contribution is 0.173. The highest BCUT2D eigenvalue weighted by Gasteiger charge is 2.29. The maximum atomic E-state index is 5.97. The summed E-state index contributed by atoms with van der Waals surface area (Å²) in [4.78, 5) is 0. The molecule has 1 aliphatic carbocycles. The molecule has 19 heavy (non-hydrogen) atoms. The first-order valence-corrected chi connectivity index (χ1v) is 8.25. The summed E-state index contributed by atoms with van der Waals surface area (Å²) in [5, 5.41) is 4.41. The van der Waals surface area contributed by atoms with E-state index in [4.69, 9.17) is 11.6 Å². The van der Waals surface area contributed by atoms with Gasteiger partial charge < -0.3 is 5.32 Å². The Hall–Kier alpha value is -0.210. The van der Waals surface area contributed by atoms with Gasteiger partial charge in [0, 0.05) is 21.2 Å². The van der Waals surface area contributed by atoms with Crippen LogP contribution in [0.25, 0.3) is 0 Å². The van der Waals surface area contributed by atoms with E-state index >= 15 is 0 Å². The van der Waals surface area contributed by atoms with Gasteiger partial charge in [0.2, 0.25) is 0 Å². The second kappa shape index (κ2) is 6.05. The minimum atomic E-state index is 0.450. The van der Waals surface area contributed by atoms with Crippen LogP contribution in [0.15, 0.2) is 22.7 Å². The van der Waals surface area contributed by atoms with Gasteiger partial charge in [0.15, 0.2) is 0 Å². The van der Waals surface area contributed by atoms with E-state index in [2.05, 4.69) is 48.1 Å². The van der Waals surface area contributed by atoms with Crippen molar-refractivity contribution in [1.29, 1.82) is 0 Å². The van der Waals surface area contributed by atoms with E-state index in [1.807, 2.05) is 12.1 Å². The molecule has 3 heteroatoms. The molecule has 1 N–H and O–H groups in total. The number of hydrogen-bond acceptors (Lipinski definition) is 1. The zero-order valence-electron chi connectivity index (χ0n) is 12.0. The fraction of sp³-hybridized carbons (Fsp3) is 0.625. The second-order valence-electron chi connectivity index (χ2n) is 6.68. The Morgan fingerprint density at radius 2 is 1.79 bits per heavy atom. The van der Waals surface area contributed by atoms with Crippen molar-refractivity contribution in [1.82, 2.24) is 0 Å². The Labute approximate surface area is 130 Å². The van der Waals surface area contributed by atoms with Crippen molar-refractivity contribution < 1.29 is 0 Å². The molecule has 0 amide bonds. The number of hydrogen-bond donors (Lipinski definition) is 1. The molecule has 0 radical (unpaired) electrons. The highest BCUT2D eigenvalue weighted by Crippen LogP contribution is 2.39. The molecule has 0 aromatic heterocycles. The number of nitrogens with one attached hydrogen (secondary N) is 1. The van der Waals surface area contributed by atoms with Crippen LogP contribution in [-0.2, 0) is 0 Å². The normalized spacial score (nSPS) is 24.3. The molecule has 1 aromatic carbocycles. The van der Waals surface area contributed by atoms with Crippen molar-refractivity contribution in [2.45, 2.75) is 52.5 Å². The van der Waals surface area contributed by atoms with Crippen molar-refractivity contribution in [2.24, 2.45) is 11.3 Å². The summed E-state index contributed by atoms with van der Waals surface area (Å²) in [6.07, 6.45) is 5.17. The molecule has 1 aliphatic rings. The van der Waals surface area contributed by atoms with Gasteiger partial charge in [0.25, 0.3) is 0 Å². The number of anilines is 1. The standard InChI is InChI=1S/C16H23BrClN/c1-16(2,3)11-4-7-13(8-5-11)19-15-9-6-12(18)10-14(15)17/h6,9-11,13,19H,4-5,7-8H2,1-3H3. The van der Waals surface area contributed by atoms with Gasteiger partial charge in [-0.1, -0.05) is 32.4 Å². The summed E-state index contributed by atoms with van der Waals surface area (Å²) in [6, 6.07) is 6.54. The van der Waals surface area contributed by atoms with Crippen LogP contribution in [0.2, 0.25) is 5.02 Å². The molecule has 0 heterocycles. The number of rotatable bonds is 2. The number of benzene rings is 1. The topological polar surface area (TPSA) is 12.0 Å². The predicted molar refractivity (Wildman–Crippen MR) is 88.0 cm³/mol. The zero-order chi connectivity index (χ0) is 14.0. The minimum Gasteiger partial charge on any atom is -0.381 e. The summed E-state index contributed by atoms with van der Waals surface area (Å²) in [7, 11) is 0. The Balaban J connectivity index is 1.92. The van der Waals surface area contributed by atoms with E-state index in [-0.39, 0.29) is 0 Å². The molecule has 0 unspecified atom stereocenters. The van der Waals surface area contributed by atoms with Crippen molar-refractivity contribution in [3.8, 4) is 0 Å². The van der Waals surface area contributed by atoms with Crippen molar-refractivity contribution in [3.63, 3.8) is 0 Å². The van der Waals surface area contributed by atoms with Crippen LogP contribution in [-0.4, -0.2) is 6.04 Å². The molecule has 1 nitrogen and oxygen atoms in total. The van der Waals surface area contributed by atoms with Crippen LogP contribution in [0.1, 0.15) is 46.5 Å². The fourth-order valence-corrected chi connectivity index (χ4v) is 3.73. The third-order valence-corrected chi connectivity index (χ3v) is 5.13. The highest BCUT2D eigenvalue weighted by molar-refractivity contribution is 9.10. The molecule has 106 valence electrons. The Kier molecular flexibility index (Phi) is 4.84. The van der Waals surface area contributed by atoms with Crippen LogP contribution in [0.5, 0.6) is 0 Å². The van der Waals surface area contributed by atoms with Crippen molar-refractivity contribution in [3.05, 3.63) is 27.7 Å². The third kappa shape index (κ3) is 4.13. The lowest BCUT2D eigenvalue weighted by atomic mass is 9.71. The zero-order valence-corrected chi connectivity index (χ0v) is 14.3. The first-order valence-electron chi connectivity index (χ1n) is 7.08. The predicted octanol–water partition coefficient (Wildman–Crippen LogP) is 6.12. The first kappa shape index (κ1) is 15.2. The van der Waals surface area contributed by atoms with Gasteiger partial charge in [0.1, 0.15) is 0 Å². The lowest BCUT2D eigenvalue weighted by Crippen LogP contribution is -2.31. The van der Waals surface area contributed by atoms with Crippen LogP contribution < -0.4 is 5.32 Å². The van der Waals surface area contributed by atoms with Crippen molar-refractivity contribution >= 4 is 33.2 Å². The minimum absolute atomic E-state index is 0.450.